The molecule has 0 saturated carbocycles. The van der Waals surface area contributed by atoms with E-state index >= 15 is 0 Å². The lowest BCUT2D eigenvalue weighted by Crippen LogP contribution is -2.49. The maximum Gasteiger partial charge on any atom is 0.257 e. The van der Waals surface area contributed by atoms with Crippen molar-refractivity contribution in [2.75, 3.05) is 31.1 Å². The fraction of sp³-hybridized carbons (Fsp3) is 0.333. The second-order valence-corrected chi connectivity index (χ2v) is 6.31. The molecular formula is C18H20N6O2. The first-order valence-electron chi connectivity index (χ1n) is 8.53. The number of carbonyl (C=O) groups excluding carboxylic acids is 1. The fourth-order valence-electron chi connectivity index (χ4n) is 3.20. The summed E-state index contributed by atoms with van der Waals surface area (Å²) in [6, 6.07) is 3.74. The smallest absolute Gasteiger partial charge is 0.257 e. The molecule has 0 spiro atoms. The zero-order valence-corrected chi connectivity index (χ0v) is 14.8. The fourth-order valence-corrected chi connectivity index (χ4v) is 3.20. The van der Waals surface area contributed by atoms with Crippen LogP contribution in [0.4, 0.5) is 5.82 Å². The zero-order chi connectivity index (χ0) is 18.1. The Morgan fingerprint density at radius 1 is 1.08 bits per heavy atom. The molecule has 1 aliphatic rings. The summed E-state index contributed by atoms with van der Waals surface area (Å²) in [6.07, 6.45) is 6.82. The molecule has 3 aromatic rings. The second kappa shape index (κ2) is 6.62. The van der Waals surface area contributed by atoms with Gasteiger partial charge in [0.2, 0.25) is 0 Å². The van der Waals surface area contributed by atoms with E-state index in [2.05, 4.69) is 19.9 Å². The number of hydrogen-bond acceptors (Lipinski definition) is 6. The van der Waals surface area contributed by atoms with Crippen molar-refractivity contribution in [3.8, 4) is 5.82 Å². The van der Waals surface area contributed by atoms with Crippen molar-refractivity contribution in [2.24, 2.45) is 0 Å². The van der Waals surface area contributed by atoms with E-state index in [1.54, 1.807) is 18.9 Å². The Labute approximate surface area is 151 Å². The van der Waals surface area contributed by atoms with Gasteiger partial charge in [0.05, 0.1) is 5.56 Å². The first-order valence-corrected chi connectivity index (χ1v) is 8.53. The molecule has 0 aliphatic carbocycles. The summed E-state index contributed by atoms with van der Waals surface area (Å²) in [5.41, 5.74) is 0.653. The molecule has 8 nitrogen and oxygen atoms in total. The van der Waals surface area contributed by atoms with E-state index in [9.17, 15) is 4.79 Å². The third kappa shape index (κ3) is 3.05. The summed E-state index contributed by atoms with van der Waals surface area (Å²) in [6.45, 7) is 6.42. The highest BCUT2D eigenvalue weighted by molar-refractivity contribution is 5.95. The first kappa shape index (κ1) is 16.3. The van der Waals surface area contributed by atoms with E-state index in [4.69, 9.17) is 4.42 Å². The van der Waals surface area contributed by atoms with Crippen molar-refractivity contribution in [3.63, 3.8) is 0 Å². The number of furan rings is 1. The third-order valence-corrected chi connectivity index (χ3v) is 4.57. The number of piperazine rings is 1. The molecule has 1 fully saturated rings. The van der Waals surface area contributed by atoms with Crippen LogP contribution in [0, 0.1) is 13.8 Å². The number of nitrogens with zero attached hydrogens (tertiary/aromatic N) is 6. The normalized spacial score (nSPS) is 14.7. The maximum absolute atomic E-state index is 12.7. The molecule has 3 aromatic heterocycles. The number of anilines is 1. The lowest BCUT2D eigenvalue weighted by Gasteiger charge is -2.35. The highest BCUT2D eigenvalue weighted by Crippen LogP contribution is 2.19. The van der Waals surface area contributed by atoms with Gasteiger partial charge in [-0.1, -0.05) is 0 Å². The van der Waals surface area contributed by atoms with Gasteiger partial charge in [-0.3, -0.25) is 9.36 Å². The van der Waals surface area contributed by atoms with Gasteiger partial charge < -0.3 is 14.2 Å². The average Bonchev–Trinajstić information content (AvgIpc) is 3.31. The van der Waals surface area contributed by atoms with Crippen LogP contribution in [0.2, 0.25) is 0 Å². The van der Waals surface area contributed by atoms with Gasteiger partial charge in [0.25, 0.3) is 5.91 Å². The van der Waals surface area contributed by atoms with Gasteiger partial charge in [-0.05, 0) is 19.9 Å². The minimum atomic E-state index is 0.0285. The van der Waals surface area contributed by atoms with Gasteiger partial charge in [-0.2, -0.15) is 0 Å². The number of hydrogen-bond donors (Lipinski definition) is 0. The topological polar surface area (TPSA) is 80.3 Å². The van der Waals surface area contributed by atoms with Crippen molar-refractivity contribution in [1.29, 1.82) is 0 Å². The molecule has 0 aromatic carbocycles. The molecule has 8 heteroatoms. The largest absolute Gasteiger partial charge is 0.466 e. The minimum Gasteiger partial charge on any atom is -0.466 e. The quantitative estimate of drug-likeness (QED) is 0.715. The molecule has 1 saturated heterocycles. The monoisotopic (exact) mass is 352 g/mol. The lowest BCUT2D eigenvalue weighted by atomic mass is 10.2. The number of aryl methyl sites for hydroxylation is 2. The van der Waals surface area contributed by atoms with Crippen LogP contribution in [-0.2, 0) is 0 Å². The standard InChI is InChI=1S/C18H20N6O2/c1-13-9-15(14(2)26-13)18(25)23-7-5-22(6-8-23)16-10-17(21-11-20-16)24-4-3-19-12-24/h3-4,9-12H,5-8H2,1-2H3. The molecule has 0 atom stereocenters. The number of rotatable bonds is 3. The van der Waals surface area contributed by atoms with Crippen molar-refractivity contribution in [2.45, 2.75) is 13.8 Å². The predicted octanol–water partition coefficient (Wildman–Crippen LogP) is 1.83. The van der Waals surface area contributed by atoms with Crippen LogP contribution in [0.25, 0.3) is 5.82 Å². The van der Waals surface area contributed by atoms with Crippen LogP contribution in [0.1, 0.15) is 21.9 Å². The summed E-state index contributed by atoms with van der Waals surface area (Å²) >= 11 is 0. The van der Waals surface area contributed by atoms with Gasteiger partial charge in [0.1, 0.15) is 35.8 Å². The Bertz CT molecular complexity index is 910. The van der Waals surface area contributed by atoms with Crippen LogP contribution in [0.5, 0.6) is 0 Å². The minimum absolute atomic E-state index is 0.0285. The molecule has 0 N–H and O–H groups in total. The summed E-state index contributed by atoms with van der Waals surface area (Å²) in [4.78, 5) is 29.4. The highest BCUT2D eigenvalue weighted by atomic mass is 16.3. The third-order valence-electron chi connectivity index (χ3n) is 4.57. The molecule has 134 valence electrons. The number of carbonyl (C=O) groups is 1. The molecular weight excluding hydrogens is 332 g/mol. The molecule has 26 heavy (non-hydrogen) atoms. The zero-order valence-electron chi connectivity index (χ0n) is 14.8. The van der Waals surface area contributed by atoms with Crippen LogP contribution in [0.3, 0.4) is 0 Å². The SMILES string of the molecule is Cc1cc(C(=O)N2CCN(c3cc(-n4ccnc4)ncn3)CC2)c(C)o1. The molecule has 0 unspecified atom stereocenters. The molecule has 1 aliphatic heterocycles. The van der Waals surface area contributed by atoms with Gasteiger partial charge >= 0.3 is 0 Å². The molecule has 4 rings (SSSR count). The van der Waals surface area contributed by atoms with Crippen molar-refractivity contribution >= 4 is 11.7 Å². The van der Waals surface area contributed by atoms with Crippen LogP contribution in [-0.4, -0.2) is 56.5 Å². The Morgan fingerprint density at radius 3 is 2.50 bits per heavy atom. The van der Waals surface area contributed by atoms with E-state index in [1.165, 1.54) is 0 Å². The van der Waals surface area contributed by atoms with Gasteiger partial charge in [-0.25, -0.2) is 15.0 Å². The van der Waals surface area contributed by atoms with Crippen molar-refractivity contribution in [1.82, 2.24) is 24.4 Å². The number of amides is 1. The molecule has 1 amide bonds. The van der Waals surface area contributed by atoms with E-state index in [1.807, 2.05) is 41.6 Å². The predicted molar refractivity (Wildman–Crippen MR) is 95.5 cm³/mol. The summed E-state index contributed by atoms with van der Waals surface area (Å²) in [5.74, 6) is 3.09. The first-order chi connectivity index (χ1) is 12.6. The van der Waals surface area contributed by atoms with E-state index in [0.29, 0.717) is 24.4 Å². The van der Waals surface area contributed by atoms with E-state index < -0.39 is 0 Å². The van der Waals surface area contributed by atoms with Crippen molar-refractivity contribution < 1.29 is 9.21 Å². The summed E-state index contributed by atoms with van der Waals surface area (Å²) in [7, 11) is 0. The second-order valence-electron chi connectivity index (χ2n) is 6.31. The Morgan fingerprint density at radius 2 is 1.85 bits per heavy atom. The van der Waals surface area contributed by atoms with Gasteiger partial charge in [0.15, 0.2) is 0 Å². The summed E-state index contributed by atoms with van der Waals surface area (Å²) in [5, 5.41) is 0. The molecule has 4 heterocycles. The van der Waals surface area contributed by atoms with Crippen LogP contribution in [0.15, 0.2) is 41.6 Å². The Balaban J connectivity index is 1.45. The Kier molecular flexibility index (Phi) is 4.16. The lowest BCUT2D eigenvalue weighted by molar-refractivity contribution is 0.0744. The van der Waals surface area contributed by atoms with Gasteiger partial charge in [0, 0.05) is 44.6 Å². The summed E-state index contributed by atoms with van der Waals surface area (Å²) < 4.78 is 7.33. The van der Waals surface area contributed by atoms with Crippen molar-refractivity contribution in [3.05, 3.63) is 54.3 Å². The van der Waals surface area contributed by atoms with E-state index in [-0.39, 0.29) is 5.91 Å². The van der Waals surface area contributed by atoms with Crippen LogP contribution < -0.4 is 4.90 Å². The average molecular weight is 352 g/mol. The van der Waals surface area contributed by atoms with Gasteiger partial charge in [-0.15, -0.1) is 0 Å². The highest BCUT2D eigenvalue weighted by Gasteiger charge is 2.25. The number of aromatic nitrogens is 4. The van der Waals surface area contributed by atoms with E-state index in [0.717, 1.165) is 30.5 Å². The Hall–Kier alpha value is -3.16. The van der Waals surface area contributed by atoms with Crippen LogP contribution >= 0.6 is 0 Å². The maximum atomic E-state index is 12.7. The molecule has 0 bridgehead atoms. The molecule has 0 radical (unpaired) electrons. The number of imidazole rings is 1.